The molecule has 1 amide bonds. The molecular formula is C19H13Cl2N3O2S2. The number of carbonyl (C=O) groups is 1. The molecule has 0 aliphatic heterocycles. The molecule has 5 nitrogen and oxygen atoms in total. The Morgan fingerprint density at radius 3 is 2.82 bits per heavy atom. The minimum atomic E-state index is -0.304. The Hall–Kier alpha value is -2.19. The van der Waals surface area contributed by atoms with E-state index in [0.717, 1.165) is 16.0 Å². The lowest BCUT2D eigenvalue weighted by Crippen LogP contribution is -2.32. The van der Waals surface area contributed by atoms with Crippen molar-refractivity contribution < 1.29 is 4.79 Å². The molecular weight excluding hydrogens is 437 g/mol. The van der Waals surface area contributed by atoms with Crippen LogP contribution in [0.4, 0.5) is 0 Å². The fraction of sp³-hybridized carbons (Fsp3) is 0.105. The van der Waals surface area contributed by atoms with Gasteiger partial charge in [-0.25, -0.2) is 4.98 Å². The van der Waals surface area contributed by atoms with Crippen LogP contribution in [0.3, 0.4) is 0 Å². The van der Waals surface area contributed by atoms with E-state index >= 15 is 0 Å². The number of fused-ring (bicyclic) bond motifs is 1. The van der Waals surface area contributed by atoms with Crippen LogP contribution in [0.25, 0.3) is 20.7 Å². The van der Waals surface area contributed by atoms with Gasteiger partial charge in [0.25, 0.3) is 5.56 Å². The largest absolute Gasteiger partial charge is 0.350 e. The van der Waals surface area contributed by atoms with Gasteiger partial charge in [0.15, 0.2) is 0 Å². The van der Waals surface area contributed by atoms with Crippen molar-refractivity contribution in [1.29, 1.82) is 0 Å². The molecule has 0 radical (unpaired) electrons. The first-order chi connectivity index (χ1) is 13.5. The van der Waals surface area contributed by atoms with Crippen molar-refractivity contribution in [3.05, 3.63) is 73.4 Å². The molecule has 1 aromatic carbocycles. The smallest absolute Gasteiger partial charge is 0.263 e. The second kappa shape index (κ2) is 8.05. The van der Waals surface area contributed by atoms with Gasteiger partial charge in [0.1, 0.15) is 11.4 Å². The van der Waals surface area contributed by atoms with Crippen molar-refractivity contribution in [2.24, 2.45) is 0 Å². The van der Waals surface area contributed by atoms with Crippen molar-refractivity contribution >= 4 is 62.0 Å². The zero-order valence-corrected chi connectivity index (χ0v) is 17.5. The molecule has 0 saturated carbocycles. The third-order valence-corrected chi connectivity index (χ3v) is 6.53. The predicted octanol–water partition coefficient (Wildman–Crippen LogP) is 4.81. The predicted molar refractivity (Wildman–Crippen MR) is 116 cm³/mol. The molecule has 3 heterocycles. The summed E-state index contributed by atoms with van der Waals surface area (Å²) in [6.45, 7) is 0.130. The van der Waals surface area contributed by atoms with Gasteiger partial charge in [-0.3, -0.25) is 14.2 Å². The monoisotopic (exact) mass is 449 g/mol. The normalized spacial score (nSPS) is 11.1. The van der Waals surface area contributed by atoms with Crippen molar-refractivity contribution in [3.63, 3.8) is 0 Å². The fourth-order valence-electron chi connectivity index (χ4n) is 2.76. The van der Waals surface area contributed by atoms with E-state index in [0.29, 0.717) is 20.3 Å². The first kappa shape index (κ1) is 19.1. The van der Waals surface area contributed by atoms with Crippen molar-refractivity contribution in [3.8, 4) is 10.4 Å². The zero-order valence-electron chi connectivity index (χ0n) is 14.3. The van der Waals surface area contributed by atoms with Gasteiger partial charge in [-0.2, -0.15) is 0 Å². The summed E-state index contributed by atoms with van der Waals surface area (Å²) < 4.78 is 1.32. The quantitative estimate of drug-likeness (QED) is 0.475. The van der Waals surface area contributed by atoms with Crippen LogP contribution in [0.5, 0.6) is 0 Å². The number of hydrogen-bond donors (Lipinski definition) is 1. The molecule has 1 N–H and O–H groups in total. The van der Waals surface area contributed by atoms with Gasteiger partial charge in [-0.1, -0.05) is 35.3 Å². The maximum Gasteiger partial charge on any atom is 0.263 e. The van der Waals surface area contributed by atoms with E-state index in [2.05, 4.69) is 10.3 Å². The Labute approximate surface area is 178 Å². The molecule has 0 saturated heterocycles. The van der Waals surface area contributed by atoms with Crippen LogP contribution in [0.1, 0.15) is 5.56 Å². The van der Waals surface area contributed by atoms with Gasteiger partial charge in [0.05, 0.1) is 11.7 Å². The van der Waals surface area contributed by atoms with Gasteiger partial charge in [0.2, 0.25) is 5.91 Å². The number of halogens is 2. The third kappa shape index (κ3) is 3.84. The summed E-state index contributed by atoms with van der Waals surface area (Å²) in [6.07, 6.45) is 1.41. The summed E-state index contributed by atoms with van der Waals surface area (Å²) in [5, 5.41) is 8.21. The molecule has 4 aromatic rings. The number of nitrogens with one attached hydrogen (secondary N) is 1. The number of thiophene rings is 2. The Balaban J connectivity index is 1.54. The molecule has 0 atom stereocenters. The zero-order chi connectivity index (χ0) is 19.7. The van der Waals surface area contributed by atoms with Gasteiger partial charge in [0, 0.05) is 32.4 Å². The van der Waals surface area contributed by atoms with Gasteiger partial charge >= 0.3 is 0 Å². The summed E-state index contributed by atoms with van der Waals surface area (Å²) >= 11 is 15.0. The average molecular weight is 450 g/mol. The molecule has 0 fully saturated rings. The molecule has 0 aliphatic rings. The van der Waals surface area contributed by atoms with Crippen LogP contribution >= 0.6 is 45.9 Å². The lowest BCUT2D eigenvalue weighted by molar-refractivity contribution is -0.121. The van der Waals surface area contributed by atoms with E-state index in [9.17, 15) is 9.59 Å². The van der Waals surface area contributed by atoms with E-state index in [-0.39, 0.29) is 24.6 Å². The van der Waals surface area contributed by atoms with E-state index in [1.165, 1.54) is 22.2 Å². The highest BCUT2D eigenvalue weighted by Gasteiger charge is 2.15. The molecule has 0 aliphatic carbocycles. The van der Waals surface area contributed by atoms with Crippen molar-refractivity contribution in [2.75, 3.05) is 0 Å². The maximum absolute atomic E-state index is 12.9. The number of hydrogen-bond acceptors (Lipinski definition) is 5. The Morgan fingerprint density at radius 2 is 2.07 bits per heavy atom. The minimum absolute atomic E-state index is 0.118. The number of carbonyl (C=O) groups excluding carboxylic acids is 1. The van der Waals surface area contributed by atoms with Crippen LogP contribution in [0.15, 0.2) is 52.2 Å². The highest BCUT2D eigenvalue weighted by Crippen LogP contribution is 2.33. The Kier molecular flexibility index (Phi) is 5.50. The second-order valence-electron chi connectivity index (χ2n) is 6.00. The van der Waals surface area contributed by atoms with Crippen LogP contribution < -0.4 is 10.9 Å². The average Bonchev–Trinajstić information content (AvgIpc) is 3.33. The molecule has 142 valence electrons. The first-order valence-electron chi connectivity index (χ1n) is 8.24. The van der Waals surface area contributed by atoms with E-state index < -0.39 is 0 Å². The van der Waals surface area contributed by atoms with Crippen molar-refractivity contribution in [2.45, 2.75) is 13.1 Å². The summed E-state index contributed by atoms with van der Waals surface area (Å²) in [6, 6.07) is 8.98. The van der Waals surface area contributed by atoms with E-state index in [1.807, 2.05) is 22.9 Å². The summed E-state index contributed by atoms with van der Waals surface area (Å²) in [5.41, 5.74) is 1.38. The number of amides is 1. The molecule has 28 heavy (non-hydrogen) atoms. The SMILES string of the molecule is O=C(Cn1cnc2scc(-c3cccs3)c2c1=O)NCc1ccc(Cl)cc1Cl. The summed E-state index contributed by atoms with van der Waals surface area (Å²) in [4.78, 5) is 31.3. The summed E-state index contributed by atoms with van der Waals surface area (Å²) in [5.74, 6) is -0.304. The molecule has 4 rings (SSSR count). The van der Waals surface area contributed by atoms with E-state index in [1.54, 1.807) is 29.5 Å². The van der Waals surface area contributed by atoms with Crippen LogP contribution in [-0.2, 0) is 17.9 Å². The molecule has 9 heteroatoms. The molecule has 0 spiro atoms. The Bertz CT molecular complexity index is 1220. The lowest BCUT2D eigenvalue weighted by Gasteiger charge is -2.09. The Morgan fingerprint density at radius 1 is 1.21 bits per heavy atom. The maximum atomic E-state index is 12.9. The van der Waals surface area contributed by atoms with Gasteiger partial charge < -0.3 is 5.32 Å². The summed E-state index contributed by atoms with van der Waals surface area (Å²) in [7, 11) is 0. The third-order valence-electron chi connectivity index (χ3n) is 4.15. The topological polar surface area (TPSA) is 64.0 Å². The number of rotatable bonds is 5. The lowest BCUT2D eigenvalue weighted by atomic mass is 10.2. The van der Waals surface area contributed by atoms with Gasteiger partial charge in [-0.15, -0.1) is 22.7 Å². The molecule has 0 bridgehead atoms. The van der Waals surface area contributed by atoms with Crippen LogP contribution in [0.2, 0.25) is 10.0 Å². The number of aromatic nitrogens is 2. The number of benzene rings is 1. The van der Waals surface area contributed by atoms with Crippen LogP contribution in [-0.4, -0.2) is 15.5 Å². The molecule has 3 aromatic heterocycles. The van der Waals surface area contributed by atoms with E-state index in [4.69, 9.17) is 23.2 Å². The number of nitrogens with zero attached hydrogens (tertiary/aromatic N) is 2. The van der Waals surface area contributed by atoms with Gasteiger partial charge in [-0.05, 0) is 29.1 Å². The highest BCUT2D eigenvalue weighted by atomic mass is 35.5. The standard InChI is InChI=1S/C19H13Cl2N3O2S2/c20-12-4-3-11(14(21)6-12)7-22-16(25)8-24-10-23-18-17(19(24)26)13(9-28-18)15-2-1-5-27-15/h1-6,9-10H,7-8H2,(H,22,25). The van der Waals surface area contributed by atoms with Crippen LogP contribution in [0, 0.1) is 0 Å². The van der Waals surface area contributed by atoms with Crippen molar-refractivity contribution in [1.82, 2.24) is 14.9 Å². The fourth-order valence-corrected chi connectivity index (χ4v) is 4.96. The molecule has 0 unspecified atom stereocenters. The first-order valence-corrected chi connectivity index (χ1v) is 10.8. The second-order valence-corrected chi connectivity index (χ2v) is 8.65. The highest BCUT2D eigenvalue weighted by molar-refractivity contribution is 7.18. The minimum Gasteiger partial charge on any atom is -0.350 e.